The van der Waals surface area contributed by atoms with E-state index >= 15 is 0 Å². The van der Waals surface area contributed by atoms with Crippen molar-refractivity contribution in [3.8, 4) is 0 Å². The topological polar surface area (TPSA) is 45.4 Å². The molecule has 1 saturated heterocycles. The fraction of sp³-hybridized carbons (Fsp3) is 0.636. The van der Waals surface area contributed by atoms with Gasteiger partial charge in [-0.2, -0.15) is 0 Å². The van der Waals surface area contributed by atoms with Gasteiger partial charge in [0.25, 0.3) is 0 Å². The van der Waals surface area contributed by atoms with E-state index in [-0.39, 0.29) is 0 Å². The number of thiazole rings is 1. The lowest BCUT2D eigenvalue weighted by Gasteiger charge is -2.31. The van der Waals surface area contributed by atoms with Crippen LogP contribution in [0.2, 0.25) is 0 Å². The molecule has 0 atom stereocenters. The molecular formula is C11H18N4S2. The highest BCUT2D eigenvalue weighted by Crippen LogP contribution is 2.19. The van der Waals surface area contributed by atoms with Gasteiger partial charge in [0.05, 0.1) is 17.1 Å². The van der Waals surface area contributed by atoms with Crippen LogP contribution in [0.15, 0.2) is 0 Å². The predicted octanol–water partition coefficient (Wildman–Crippen LogP) is 0.833. The lowest BCUT2D eigenvalue weighted by Crippen LogP contribution is -2.43. The molecule has 0 spiro atoms. The van der Waals surface area contributed by atoms with Crippen molar-refractivity contribution in [2.75, 3.05) is 33.2 Å². The van der Waals surface area contributed by atoms with Gasteiger partial charge in [0.15, 0.2) is 0 Å². The van der Waals surface area contributed by atoms with E-state index in [1.165, 1.54) is 0 Å². The normalized spacial score (nSPS) is 18.5. The van der Waals surface area contributed by atoms with E-state index in [4.69, 9.17) is 18.0 Å². The summed E-state index contributed by atoms with van der Waals surface area (Å²) in [4.78, 5) is 10.7. The summed E-state index contributed by atoms with van der Waals surface area (Å²) in [5.41, 5.74) is 6.63. The second kappa shape index (κ2) is 5.39. The molecule has 1 fully saturated rings. The Kier molecular flexibility index (Phi) is 4.09. The van der Waals surface area contributed by atoms with Crippen LogP contribution >= 0.6 is 23.6 Å². The van der Waals surface area contributed by atoms with Gasteiger partial charge in [-0.3, -0.25) is 4.90 Å². The van der Waals surface area contributed by atoms with Crippen LogP contribution in [0.1, 0.15) is 15.6 Å². The Morgan fingerprint density at radius 3 is 2.59 bits per heavy atom. The van der Waals surface area contributed by atoms with E-state index in [0.29, 0.717) is 4.99 Å². The molecule has 0 unspecified atom stereocenters. The average Bonchev–Trinajstić information content (AvgIpc) is 2.63. The van der Waals surface area contributed by atoms with E-state index in [1.807, 2.05) is 6.92 Å². The molecule has 0 bridgehead atoms. The van der Waals surface area contributed by atoms with Gasteiger partial charge in [-0.15, -0.1) is 11.3 Å². The summed E-state index contributed by atoms with van der Waals surface area (Å²) < 4.78 is 0. The average molecular weight is 270 g/mol. The SMILES string of the molecule is Cc1nc(CN2CCN(C)CC2)sc1C(N)=S. The molecule has 1 aliphatic heterocycles. The van der Waals surface area contributed by atoms with E-state index in [1.54, 1.807) is 11.3 Å². The van der Waals surface area contributed by atoms with E-state index < -0.39 is 0 Å². The van der Waals surface area contributed by atoms with Gasteiger partial charge in [0.2, 0.25) is 0 Å². The van der Waals surface area contributed by atoms with Gasteiger partial charge < -0.3 is 10.6 Å². The van der Waals surface area contributed by atoms with Crippen LogP contribution in [0.5, 0.6) is 0 Å². The number of thiocarbonyl (C=S) groups is 1. The van der Waals surface area contributed by atoms with Crippen LogP contribution in [0.4, 0.5) is 0 Å². The number of rotatable bonds is 3. The second-order valence-corrected chi connectivity index (χ2v) is 5.99. The number of likely N-dealkylation sites (N-methyl/N-ethyl adjacent to an activating group) is 1. The molecule has 2 heterocycles. The summed E-state index contributed by atoms with van der Waals surface area (Å²) >= 11 is 6.64. The van der Waals surface area contributed by atoms with Crippen molar-refractivity contribution in [1.82, 2.24) is 14.8 Å². The number of nitrogens with zero attached hydrogens (tertiary/aromatic N) is 3. The fourth-order valence-electron chi connectivity index (χ4n) is 1.95. The zero-order valence-corrected chi connectivity index (χ0v) is 11.9. The molecule has 17 heavy (non-hydrogen) atoms. The van der Waals surface area contributed by atoms with Crippen molar-refractivity contribution >= 4 is 28.5 Å². The van der Waals surface area contributed by atoms with Crippen molar-refractivity contribution in [3.05, 3.63) is 15.6 Å². The molecule has 0 aromatic carbocycles. The Labute approximate surface area is 111 Å². The molecule has 1 aliphatic rings. The Hall–Kier alpha value is -0.560. The minimum Gasteiger partial charge on any atom is -0.389 e. The second-order valence-electron chi connectivity index (χ2n) is 4.47. The molecular weight excluding hydrogens is 252 g/mol. The number of nitrogens with two attached hydrogens (primary N) is 1. The summed E-state index contributed by atoms with van der Waals surface area (Å²) in [5.74, 6) is 0. The highest BCUT2D eigenvalue weighted by atomic mass is 32.1. The molecule has 4 nitrogen and oxygen atoms in total. The Morgan fingerprint density at radius 1 is 1.41 bits per heavy atom. The smallest absolute Gasteiger partial charge is 0.116 e. The van der Waals surface area contributed by atoms with Gasteiger partial charge in [-0.1, -0.05) is 12.2 Å². The molecule has 2 rings (SSSR count). The third-order valence-electron chi connectivity index (χ3n) is 3.02. The fourth-order valence-corrected chi connectivity index (χ4v) is 3.18. The highest BCUT2D eigenvalue weighted by molar-refractivity contribution is 7.81. The van der Waals surface area contributed by atoms with E-state index in [9.17, 15) is 0 Å². The van der Waals surface area contributed by atoms with Gasteiger partial charge in [0.1, 0.15) is 10.00 Å². The maximum Gasteiger partial charge on any atom is 0.116 e. The maximum atomic E-state index is 5.66. The van der Waals surface area contributed by atoms with Crippen LogP contribution in [0, 0.1) is 6.92 Å². The van der Waals surface area contributed by atoms with Crippen LogP contribution in [-0.2, 0) is 6.54 Å². The van der Waals surface area contributed by atoms with Crippen molar-refractivity contribution in [1.29, 1.82) is 0 Å². The molecule has 94 valence electrons. The molecule has 0 radical (unpaired) electrons. The molecule has 0 amide bonds. The zero-order valence-electron chi connectivity index (χ0n) is 10.3. The number of aryl methyl sites for hydroxylation is 1. The minimum atomic E-state index is 0.463. The Morgan fingerprint density at radius 2 is 2.06 bits per heavy atom. The van der Waals surface area contributed by atoms with E-state index in [0.717, 1.165) is 48.3 Å². The molecule has 1 aromatic rings. The van der Waals surface area contributed by atoms with Crippen molar-refractivity contribution < 1.29 is 0 Å². The Bertz CT molecular complexity index is 408. The first-order valence-corrected chi connectivity index (χ1v) is 6.95. The first-order chi connectivity index (χ1) is 8.06. The quantitative estimate of drug-likeness (QED) is 0.825. The summed E-state index contributed by atoms with van der Waals surface area (Å²) in [5, 5.41) is 1.12. The van der Waals surface area contributed by atoms with Crippen molar-refractivity contribution in [2.24, 2.45) is 5.73 Å². The van der Waals surface area contributed by atoms with Gasteiger partial charge in [0, 0.05) is 26.2 Å². The van der Waals surface area contributed by atoms with Crippen molar-refractivity contribution in [2.45, 2.75) is 13.5 Å². The summed E-state index contributed by atoms with van der Waals surface area (Å²) in [6.07, 6.45) is 0. The minimum absolute atomic E-state index is 0.463. The van der Waals surface area contributed by atoms with Gasteiger partial charge >= 0.3 is 0 Å². The third-order valence-corrected chi connectivity index (χ3v) is 4.53. The summed E-state index contributed by atoms with van der Waals surface area (Å²) in [7, 11) is 2.16. The van der Waals surface area contributed by atoms with Gasteiger partial charge in [-0.25, -0.2) is 4.98 Å². The van der Waals surface area contributed by atoms with Crippen LogP contribution < -0.4 is 5.73 Å². The summed E-state index contributed by atoms with van der Waals surface area (Å²) in [6.45, 7) is 7.37. The lowest BCUT2D eigenvalue weighted by atomic mass is 10.3. The molecule has 0 aliphatic carbocycles. The third kappa shape index (κ3) is 3.22. The first-order valence-electron chi connectivity index (χ1n) is 5.73. The van der Waals surface area contributed by atoms with Crippen LogP contribution in [0.3, 0.4) is 0 Å². The number of aromatic nitrogens is 1. The number of hydrogen-bond acceptors (Lipinski definition) is 5. The van der Waals surface area contributed by atoms with Crippen molar-refractivity contribution in [3.63, 3.8) is 0 Å². The monoisotopic (exact) mass is 270 g/mol. The molecule has 0 saturated carbocycles. The van der Waals surface area contributed by atoms with Gasteiger partial charge in [-0.05, 0) is 14.0 Å². The van der Waals surface area contributed by atoms with Crippen LogP contribution in [-0.4, -0.2) is 53.0 Å². The highest BCUT2D eigenvalue weighted by Gasteiger charge is 2.17. The zero-order chi connectivity index (χ0) is 12.4. The number of piperazine rings is 1. The standard InChI is InChI=1S/C11H18N4S2/c1-8-10(11(12)16)17-9(13-8)7-15-5-3-14(2)4-6-15/h3-7H2,1-2H3,(H2,12,16). The molecule has 1 aromatic heterocycles. The lowest BCUT2D eigenvalue weighted by molar-refractivity contribution is 0.148. The molecule has 2 N–H and O–H groups in total. The predicted molar refractivity (Wildman–Crippen MR) is 75.5 cm³/mol. The largest absolute Gasteiger partial charge is 0.389 e. The van der Waals surface area contributed by atoms with Crippen LogP contribution in [0.25, 0.3) is 0 Å². The van der Waals surface area contributed by atoms with E-state index in [2.05, 4.69) is 21.8 Å². The Balaban J connectivity index is 1.99. The molecule has 6 heteroatoms. The first kappa shape index (κ1) is 12.9. The summed E-state index contributed by atoms with van der Waals surface area (Å²) in [6, 6.07) is 0. The maximum absolute atomic E-state index is 5.66. The number of hydrogen-bond donors (Lipinski definition) is 1.